The van der Waals surface area contributed by atoms with Crippen LogP contribution in [0.4, 0.5) is 0 Å². The van der Waals surface area contributed by atoms with Gasteiger partial charge >= 0.3 is 0 Å². The Morgan fingerprint density at radius 2 is 1.91 bits per heavy atom. The van der Waals surface area contributed by atoms with Gasteiger partial charge in [0.25, 0.3) is 5.91 Å². The van der Waals surface area contributed by atoms with Crippen LogP contribution < -0.4 is 0 Å². The zero-order valence-corrected chi connectivity index (χ0v) is 13.5. The minimum absolute atomic E-state index is 0.167. The molecule has 1 saturated carbocycles. The van der Waals surface area contributed by atoms with Crippen molar-refractivity contribution in [2.24, 2.45) is 5.41 Å². The molecule has 4 rings (SSSR count). The largest absolute Gasteiger partial charge is 0.351 e. The Morgan fingerprint density at radius 1 is 1.18 bits per heavy atom. The molecule has 2 aromatic rings. The molecule has 116 valence electrons. The normalized spacial score (nSPS) is 20.0. The zero-order chi connectivity index (χ0) is 15.3. The number of likely N-dealkylation sites (tertiary alicyclic amines) is 1. The minimum Gasteiger partial charge on any atom is -0.351 e. The SMILES string of the molecule is CC(C)c1ccc2cc(C(=O)N3CC4(CCCC4)C3)[nH]c2c1. The van der Waals surface area contributed by atoms with Gasteiger partial charge in [-0.05, 0) is 36.5 Å². The van der Waals surface area contributed by atoms with Gasteiger partial charge in [0.2, 0.25) is 0 Å². The smallest absolute Gasteiger partial charge is 0.270 e. The van der Waals surface area contributed by atoms with Crippen LogP contribution in [0.5, 0.6) is 0 Å². The molecule has 2 heterocycles. The second kappa shape index (κ2) is 4.87. The maximum atomic E-state index is 12.7. The van der Waals surface area contributed by atoms with Gasteiger partial charge in [-0.2, -0.15) is 0 Å². The number of nitrogens with zero attached hydrogens (tertiary/aromatic N) is 1. The molecule has 1 aromatic heterocycles. The van der Waals surface area contributed by atoms with E-state index in [0.717, 1.165) is 29.7 Å². The Kier molecular flexibility index (Phi) is 3.07. The summed E-state index contributed by atoms with van der Waals surface area (Å²) in [5.41, 5.74) is 3.59. The number of amides is 1. The van der Waals surface area contributed by atoms with Gasteiger partial charge in [-0.3, -0.25) is 4.79 Å². The summed E-state index contributed by atoms with van der Waals surface area (Å²) in [4.78, 5) is 18.0. The molecule has 22 heavy (non-hydrogen) atoms. The molecule has 1 N–H and O–H groups in total. The average Bonchev–Trinajstić information content (AvgIpc) is 3.10. The summed E-state index contributed by atoms with van der Waals surface area (Å²) >= 11 is 0. The minimum atomic E-state index is 0.167. The third kappa shape index (κ3) is 2.15. The number of aromatic nitrogens is 1. The lowest BCUT2D eigenvalue weighted by molar-refractivity contribution is 0.00893. The molecule has 3 nitrogen and oxygen atoms in total. The lowest BCUT2D eigenvalue weighted by atomic mass is 9.78. The number of benzene rings is 1. The van der Waals surface area contributed by atoms with Crippen LogP contribution in [0.3, 0.4) is 0 Å². The molecular formula is C19H24N2O. The molecule has 1 aliphatic carbocycles. The Hall–Kier alpha value is -1.77. The van der Waals surface area contributed by atoms with Crippen molar-refractivity contribution in [3.8, 4) is 0 Å². The first-order valence-corrected chi connectivity index (χ1v) is 8.48. The van der Waals surface area contributed by atoms with Gasteiger partial charge in [0.1, 0.15) is 5.69 Å². The van der Waals surface area contributed by atoms with Gasteiger partial charge in [0.15, 0.2) is 0 Å². The van der Waals surface area contributed by atoms with Crippen LogP contribution in [-0.4, -0.2) is 28.9 Å². The average molecular weight is 296 g/mol. The van der Waals surface area contributed by atoms with E-state index in [1.807, 2.05) is 11.0 Å². The topological polar surface area (TPSA) is 36.1 Å². The predicted molar refractivity (Wildman–Crippen MR) is 89.2 cm³/mol. The highest BCUT2D eigenvalue weighted by atomic mass is 16.2. The lowest BCUT2D eigenvalue weighted by Gasteiger charge is -2.48. The van der Waals surface area contributed by atoms with Gasteiger partial charge in [-0.15, -0.1) is 0 Å². The Morgan fingerprint density at radius 3 is 2.59 bits per heavy atom. The first kappa shape index (κ1) is 13.9. The molecule has 1 aliphatic heterocycles. The van der Waals surface area contributed by atoms with Gasteiger partial charge in [-0.25, -0.2) is 0 Å². The molecule has 0 bridgehead atoms. The Balaban J connectivity index is 1.55. The molecule has 1 amide bonds. The summed E-state index contributed by atoms with van der Waals surface area (Å²) in [6.07, 6.45) is 5.29. The first-order valence-electron chi connectivity index (χ1n) is 8.48. The van der Waals surface area contributed by atoms with Gasteiger partial charge in [0, 0.05) is 29.4 Å². The summed E-state index contributed by atoms with van der Waals surface area (Å²) in [7, 11) is 0. The second-order valence-electron chi connectivity index (χ2n) is 7.55. The number of carbonyl (C=O) groups is 1. The van der Waals surface area contributed by atoms with Crippen molar-refractivity contribution in [2.75, 3.05) is 13.1 Å². The fourth-order valence-corrected chi connectivity index (χ4v) is 4.14. The quantitative estimate of drug-likeness (QED) is 0.881. The summed E-state index contributed by atoms with van der Waals surface area (Å²) in [6.45, 7) is 6.30. The van der Waals surface area contributed by atoms with Crippen LogP contribution in [0.25, 0.3) is 10.9 Å². The second-order valence-corrected chi connectivity index (χ2v) is 7.55. The molecule has 1 spiro atoms. The van der Waals surface area contributed by atoms with E-state index in [0.29, 0.717) is 11.3 Å². The van der Waals surface area contributed by atoms with Crippen molar-refractivity contribution in [1.29, 1.82) is 0 Å². The van der Waals surface area contributed by atoms with Gasteiger partial charge < -0.3 is 9.88 Å². The van der Waals surface area contributed by atoms with Crippen LogP contribution in [0, 0.1) is 5.41 Å². The number of rotatable bonds is 2. The standard InChI is InChI=1S/C19H24N2O/c1-13(2)14-5-6-15-10-17(20-16(15)9-14)18(22)21-11-19(12-21)7-3-4-8-19/h5-6,9-10,13,20H,3-4,7-8,11-12H2,1-2H3. The first-order chi connectivity index (χ1) is 10.6. The summed E-state index contributed by atoms with van der Waals surface area (Å²) in [5.74, 6) is 0.671. The lowest BCUT2D eigenvalue weighted by Crippen LogP contribution is -2.57. The van der Waals surface area contributed by atoms with Crippen molar-refractivity contribution < 1.29 is 4.79 Å². The number of H-pyrrole nitrogens is 1. The summed E-state index contributed by atoms with van der Waals surface area (Å²) < 4.78 is 0. The van der Waals surface area contributed by atoms with E-state index < -0.39 is 0 Å². The highest BCUT2D eigenvalue weighted by Gasteiger charge is 2.46. The van der Waals surface area contributed by atoms with Crippen LogP contribution in [0.15, 0.2) is 24.3 Å². The van der Waals surface area contributed by atoms with Crippen molar-refractivity contribution in [2.45, 2.75) is 45.4 Å². The molecule has 2 aliphatic rings. The van der Waals surface area contributed by atoms with Crippen molar-refractivity contribution in [1.82, 2.24) is 9.88 Å². The molecule has 0 radical (unpaired) electrons. The highest BCUT2D eigenvalue weighted by Crippen LogP contribution is 2.45. The van der Waals surface area contributed by atoms with Crippen LogP contribution in [-0.2, 0) is 0 Å². The fraction of sp³-hybridized carbons (Fsp3) is 0.526. The number of carbonyl (C=O) groups excluding carboxylic acids is 1. The van der Waals surface area contributed by atoms with E-state index in [4.69, 9.17) is 0 Å². The van der Waals surface area contributed by atoms with E-state index in [1.165, 1.54) is 31.2 Å². The fourth-order valence-electron chi connectivity index (χ4n) is 4.14. The van der Waals surface area contributed by atoms with Crippen molar-refractivity contribution >= 4 is 16.8 Å². The number of aromatic amines is 1. The molecule has 1 aromatic carbocycles. The molecule has 2 fully saturated rings. The number of hydrogen-bond donors (Lipinski definition) is 1. The van der Waals surface area contributed by atoms with Crippen molar-refractivity contribution in [3.05, 3.63) is 35.5 Å². The van der Waals surface area contributed by atoms with Crippen LogP contribution in [0.1, 0.15) is 61.5 Å². The summed E-state index contributed by atoms with van der Waals surface area (Å²) in [6, 6.07) is 8.45. The molecule has 1 saturated heterocycles. The van der Waals surface area contributed by atoms with E-state index in [1.54, 1.807) is 0 Å². The maximum Gasteiger partial charge on any atom is 0.270 e. The zero-order valence-electron chi connectivity index (χ0n) is 13.5. The Labute approximate surface area is 131 Å². The predicted octanol–water partition coefficient (Wildman–Crippen LogP) is 4.31. The van der Waals surface area contributed by atoms with Gasteiger partial charge in [0.05, 0.1) is 0 Å². The van der Waals surface area contributed by atoms with Gasteiger partial charge in [-0.1, -0.05) is 38.8 Å². The maximum absolute atomic E-state index is 12.7. The third-order valence-corrected chi connectivity index (χ3v) is 5.55. The number of fused-ring (bicyclic) bond motifs is 1. The number of hydrogen-bond acceptors (Lipinski definition) is 1. The van der Waals surface area contributed by atoms with Crippen LogP contribution >= 0.6 is 0 Å². The van der Waals surface area contributed by atoms with E-state index >= 15 is 0 Å². The van der Waals surface area contributed by atoms with E-state index in [2.05, 4.69) is 37.0 Å². The third-order valence-electron chi connectivity index (χ3n) is 5.55. The van der Waals surface area contributed by atoms with E-state index in [9.17, 15) is 4.79 Å². The molecular weight excluding hydrogens is 272 g/mol. The monoisotopic (exact) mass is 296 g/mol. The van der Waals surface area contributed by atoms with E-state index in [-0.39, 0.29) is 5.91 Å². The van der Waals surface area contributed by atoms with Crippen molar-refractivity contribution in [3.63, 3.8) is 0 Å². The Bertz CT molecular complexity index is 714. The number of nitrogens with one attached hydrogen (secondary N) is 1. The summed E-state index contributed by atoms with van der Waals surface area (Å²) in [5, 5.41) is 1.13. The highest BCUT2D eigenvalue weighted by molar-refractivity contribution is 5.98. The molecule has 0 unspecified atom stereocenters. The molecule has 0 atom stereocenters. The van der Waals surface area contributed by atoms with Crippen LogP contribution in [0.2, 0.25) is 0 Å². The molecule has 3 heteroatoms.